The molecule has 0 fully saturated rings. The maximum atomic E-state index is 3.30. The maximum Gasteiger partial charge on any atom is 0.128 e. The van der Waals surface area contributed by atoms with Crippen molar-refractivity contribution in [2.24, 2.45) is 0 Å². The minimum absolute atomic E-state index is 0.917. The standard InChI is InChI=1S/C3H5Br2N3/c1-8-3(5)2(4)6-7-8/h6-7H,1H3. The first-order chi connectivity index (χ1) is 3.72. The monoisotopic (exact) mass is 241 g/mol. The second-order valence-electron chi connectivity index (χ2n) is 1.40. The van der Waals surface area contributed by atoms with Crippen LogP contribution in [0.5, 0.6) is 0 Å². The fourth-order valence-corrected chi connectivity index (χ4v) is 0.923. The zero-order chi connectivity index (χ0) is 6.15. The summed E-state index contributed by atoms with van der Waals surface area (Å²) in [5, 5.41) is 1.81. The van der Waals surface area contributed by atoms with Gasteiger partial charge in [0.1, 0.15) is 9.21 Å². The van der Waals surface area contributed by atoms with Gasteiger partial charge in [-0.2, -0.15) is 0 Å². The minimum atomic E-state index is 0.917. The van der Waals surface area contributed by atoms with Gasteiger partial charge in [-0.3, -0.25) is 10.4 Å². The summed E-state index contributed by atoms with van der Waals surface area (Å²) in [5.41, 5.74) is 5.68. The highest BCUT2D eigenvalue weighted by molar-refractivity contribution is 9.14. The molecule has 0 aromatic carbocycles. The van der Waals surface area contributed by atoms with Crippen molar-refractivity contribution < 1.29 is 0 Å². The third-order valence-corrected chi connectivity index (χ3v) is 2.84. The van der Waals surface area contributed by atoms with Gasteiger partial charge in [0.2, 0.25) is 0 Å². The molecule has 0 amide bonds. The molecule has 8 heavy (non-hydrogen) atoms. The van der Waals surface area contributed by atoms with E-state index in [1.54, 1.807) is 0 Å². The van der Waals surface area contributed by atoms with Crippen LogP contribution in [0.4, 0.5) is 0 Å². The van der Waals surface area contributed by atoms with Gasteiger partial charge in [0.15, 0.2) is 0 Å². The van der Waals surface area contributed by atoms with Crippen LogP contribution in [0.1, 0.15) is 0 Å². The first kappa shape index (κ1) is 6.38. The highest BCUT2D eigenvalue weighted by Crippen LogP contribution is 2.19. The molecule has 0 aromatic rings. The summed E-state index contributed by atoms with van der Waals surface area (Å²) in [6, 6.07) is 0. The molecule has 2 N–H and O–H groups in total. The molecule has 0 bridgehead atoms. The van der Waals surface area contributed by atoms with Crippen LogP contribution in [0.3, 0.4) is 0 Å². The van der Waals surface area contributed by atoms with E-state index in [4.69, 9.17) is 0 Å². The van der Waals surface area contributed by atoms with Gasteiger partial charge in [0.25, 0.3) is 0 Å². The summed E-state index contributed by atoms with van der Waals surface area (Å²) >= 11 is 6.56. The molecule has 0 unspecified atom stereocenters. The molecule has 0 spiro atoms. The Morgan fingerprint density at radius 1 is 1.50 bits per heavy atom. The molecule has 46 valence electrons. The molecule has 0 radical (unpaired) electrons. The van der Waals surface area contributed by atoms with E-state index in [0.717, 1.165) is 9.21 Å². The van der Waals surface area contributed by atoms with Crippen molar-refractivity contribution in [3.8, 4) is 0 Å². The predicted octanol–water partition coefficient (Wildman–Crippen LogP) is 0.857. The van der Waals surface area contributed by atoms with E-state index in [0.29, 0.717) is 0 Å². The quantitative estimate of drug-likeness (QED) is 0.617. The third kappa shape index (κ3) is 0.985. The van der Waals surface area contributed by atoms with Gasteiger partial charge in [-0.05, 0) is 31.9 Å². The molecule has 1 aliphatic heterocycles. The SMILES string of the molecule is CN1NNC(Br)=C1Br. The first-order valence-corrected chi connectivity index (χ1v) is 3.61. The molecular weight excluding hydrogens is 238 g/mol. The predicted molar refractivity (Wildman–Crippen MR) is 38.9 cm³/mol. The van der Waals surface area contributed by atoms with Crippen LogP contribution >= 0.6 is 31.9 Å². The lowest BCUT2D eigenvalue weighted by molar-refractivity contribution is 0.324. The van der Waals surface area contributed by atoms with E-state index >= 15 is 0 Å². The van der Waals surface area contributed by atoms with Crippen molar-refractivity contribution >= 4 is 31.9 Å². The number of nitrogens with one attached hydrogen (secondary N) is 2. The van der Waals surface area contributed by atoms with E-state index in [1.165, 1.54) is 0 Å². The van der Waals surface area contributed by atoms with Crippen molar-refractivity contribution in [1.82, 2.24) is 16.0 Å². The largest absolute Gasteiger partial charge is 0.295 e. The average molecular weight is 243 g/mol. The molecule has 1 aliphatic rings. The zero-order valence-corrected chi connectivity index (χ0v) is 7.38. The van der Waals surface area contributed by atoms with Crippen LogP contribution in [0.15, 0.2) is 9.21 Å². The Kier molecular flexibility index (Phi) is 1.79. The lowest BCUT2D eigenvalue weighted by atomic mass is 10.9. The van der Waals surface area contributed by atoms with Crippen LogP contribution in [-0.2, 0) is 0 Å². The molecule has 5 heteroatoms. The van der Waals surface area contributed by atoms with Gasteiger partial charge in [0.05, 0.1) is 0 Å². The molecule has 0 saturated heterocycles. The topological polar surface area (TPSA) is 27.3 Å². The van der Waals surface area contributed by atoms with E-state index in [1.807, 2.05) is 12.1 Å². The van der Waals surface area contributed by atoms with E-state index in [2.05, 4.69) is 42.8 Å². The molecule has 0 saturated carbocycles. The van der Waals surface area contributed by atoms with Gasteiger partial charge in [-0.15, -0.1) is 5.53 Å². The first-order valence-electron chi connectivity index (χ1n) is 2.02. The minimum Gasteiger partial charge on any atom is -0.295 e. The van der Waals surface area contributed by atoms with Crippen LogP contribution in [0.25, 0.3) is 0 Å². The summed E-state index contributed by atoms with van der Waals surface area (Å²) in [6.07, 6.45) is 0. The second-order valence-corrected chi connectivity index (χ2v) is 2.94. The fraction of sp³-hybridized carbons (Fsp3) is 0.333. The molecule has 0 atom stereocenters. The smallest absolute Gasteiger partial charge is 0.128 e. The Morgan fingerprint density at radius 2 is 2.12 bits per heavy atom. The molecule has 1 rings (SSSR count). The molecule has 0 aromatic heterocycles. The fourth-order valence-electron chi connectivity index (χ4n) is 0.381. The summed E-state index contributed by atoms with van der Waals surface area (Å²) in [5.74, 6) is 0. The summed E-state index contributed by atoms with van der Waals surface area (Å²) < 4.78 is 1.89. The lowest BCUT2D eigenvalue weighted by Crippen LogP contribution is -2.33. The van der Waals surface area contributed by atoms with Gasteiger partial charge in [0, 0.05) is 7.05 Å². The Morgan fingerprint density at radius 3 is 2.25 bits per heavy atom. The van der Waals surface area contributed by atoms with E-state index in [-0.39, 0.29) is 0 Å². The van der Waals surface area contributed by atoms with Crippen molar-refractivity contribution in [2.75, 3.05) is 7.05 Å². The number of rotatable bonds is 0. The van der Waals surface area contributed by atoms with Crippen molar-refractivity contribution in [3.05, 3.63) is 9.21 Å². The number of halogens is 2. The molecular formula is C3H5Br2N3. The van der Waals surface area contributed by atoms with E-state index < -0.39 is 0 Å². The van der Waals surface area contributed by atoms with Crippen molar-refractivity contribution in [3.63, 3.8) is 0 Å². The number of nitrogens with zero attached hydrogens (tertiary/aromatic N) is 1. The summed E-state index contributed by atoms with van der Waals surface area (Å²) in [7, 11) is 1.89. The Labute approximate surface area is 64.3 Å². The van der Waals surface area contributed by atoms with Crippen LogP contribution in [0, 0.1) is 0 Å². The second kappa shape index (κ2) is 2.24. The highest BCUT2D eigenvalue weighted by atomic mass is 79.9. The maximum absolute atomic E-state index is 3.30. The van der Waals surface area contributed by atoms with Crippen molar-refractivity contribution in [2.45, 2.75) is 0 Å². The Hall–Kier alpha value is 0.260. The number of hydrazine groups is 2. The number of hydrogen-bond donors (Lipinski definition) is 2. The van der Waals surface area contributed by atoms with Gasteiger partial charge in [-0.1, -0.05) is 0 Å². The van der Waals surface area contributed by atoms with Gasteiger partial charge >= 0.3 is 0 Å². The molecule has 0 aliphatic carbocycles. The van der Waals surface area contributed by atoms with Crippen molar-refractivity contribution in [1.29, 1.82) is 0 Å². The third-order valence-electron chi connectivity index (χ3n) is 0.809. The zero-order valence-electron chi connectivity index (χ0n) is 4.20. The molecule has 1 heterocycles. The Balaban J connectivity index is 2.71. The normalized spacial score (nSPS) is 19.6. The molecule has 3 nitrogen and oxygen atoms in total. The lowest BCUT2D eigenvalue weighted by Gasteiger charge is -2.07. The van der Waals surface area contributed by atoms with Crippen LogP contribution in [-0.4, -0.2) is 12.1 Å². The van der Waals surface area contributed by atoms with Crippen LogP contribution < -0.4 is 11.0 Å². The highest BCUT2D eigenvalue weighted by Gasteiger charge is 2.11. The average Bonchev–Trinajstić information content (AvgIpc) is 1.98. The van der Waals surface area contributed by atoms with Gasteiger partial charge in [-0.25, -0.2) is 0 Å². The number of hydrogen-bond acceptors (Lipinski definition) is 3. The Bertz CT molecular complexity index is 132. The van der Waals surface area contributed by atoms with E-state index in [9.17, 15) is 0 Å². The summed E-state index contributed by atoms with van der Waals surface area (Å²) in [6.45, 7) is 0. The van der Waals surface area contributed by atoms with Gasteiger partial charge < -0.3 is 0 Å². The summed E-state index contributed by atoms with van der Waals surface area (Å²) in [4.78, 5) is 0. The van der Waals surface area contributed by atoms with Crippen LogP contribution in [0.2, 0.25) is 0 Å².